The Labute approximate surface area is 120 Å². The lowest BCUT2D eigenvalue weighted by molar-refractivity contribution is 0.191. The van der Waals surface area contributed by atoms with Crippen LogP contribution in [0.4, 0.5) is 10.1 Å². The Morgan fingerprint density at radius 3 is 2.74 bits per heavy atom. The highest BCUT2D eigenvalue weighted by atomic mass is 79.9. The fourth-order valence-corrected chi connectivity index (χ4v) is 2.13. The first-order valence-corrected chi connectivity index (χ1v) is 6.79. The molecule has 0 fully saturated rings. The van der Waals surface area contributed by atoms with Crippen LogP contribution < -0.4 is 5.32 Å². The molecule has 0 spiro atoms. The van der Waals surface area contributed by atoms with Gasteiger partial charge < -0.3 is 10.4 Å². The summed E-state index contributed by atoms with van der Waals surface area (Å²) < 4.78 is 14.1. The molecule has 0 radical (unpaired) electrons. The van der Waals surface area contributed by atoms with Crippen molar-refractivity contribution in [3.05, 3.63) is 63.9 Å². The van der Waals surface area contributed by atoms with E-state index in [-0.39, 0.29) is 5.82 Å². The first kappa shape index (κ1) is 14.0. The monoisotopic (exact) mass is 323 g/mol. The highest BCUT2D eigenvalue weighted by molar-refractivity contribution is 9.10. The highest BCUT2D eigenvalue weighted by Crippen LogP contribution is 2.21. The summed E-state index contributed by atoms with van der Waals surface area (Å²) >= 11 is 3.46. The van der Waals surface area contributed by atoms with Gasteiger partial charge in [0, 0.05) is 16.7 Å². The zero-order valence-electron chi connectivity index (χ0n) is 10.5. The molecule has 2 aromatic carbocycles. The summed E-state index contributed by atoms with van der Waals surface area (Å²) in [5.41, 5.74) is 2.63. The third kappa shape index (κ3) is 3.78. The predicted octanol–water partition coefficient (Wildman–Crippen LogP) is 4.04. The normalized spacial score (nSPS) is 12.2. The molecule has 100 valence electrons. The van der Waals surface area contributed by atoms with Crippen molar-refractivity contribution in [3.8, 4) is 0 Å². The molecule has 0 bridgehead atoms. The predicted molar refractivity (Wildman–Crippen MR) is 78.7 cm³/mol. The number of nitrogens with one attached hydrogen (secondary N) is 1. The van der Waals surface area contributed by atoms with Crippen molar-refractivity contribution in [3.63, 3.8) is 0 Å². The maximum absolute atomic E-state index is 13.1. The third-order valence-corrected chi connectivity index (χ3v) is 3.76. The van der Waals surface area contributed by atoms with Gasteiger partial charge in [-0.25, -0.2) is 4.39 Å². The lowest BCUT2D eigenvalue weighted by Crippen LogP contribution is -2.12. The number of aliphatic hydroxyl groups excluding tert-OH is 1. The van der Waals surface area contributed by atoms with Crippen molar-refractivity contribution >= 4 is 21.6 Å². The number of aliphatic hydroxyl groups is 1. The Morgan fingerprint density at radius 1 is 1.26 bits per heavy atom. The molecule has 1 unspecified atom stereocenters. The number of halogens is 2. The standard InChI is InChI=1S/C15H15BrFNO/c1-10-5-6-13(8-14(10)16)18-9-15(19)11-3-2-4-12(17)7-11/h2-8,15,18-19H,9H2,1H3. The molecule has 2 aromatic rings. The van der Waals surface area contributed by atoms with Crippen molar-refractivity contribution in [2.75, 3.05) is 11.9 Å². The van der Waals surface area contributed by atoms with Crippen molar-refractivity contribution in [2.24, 2.45) is 0 Å². The third-order valence-electron chi connectivity index (χ3n) is 2.90. The molecule has 0 amide bonds. The van der Waals surface area contributed by atoms with Crippen LogP contribution in [-0.4, -0.2) is 11.7 Å². The van der Waals surface area contributed by atoms with Crippen LogP contribution in [-0.2, 0) is 0 Å². The first-order valence-electron chi connectivity index (χ1n) is 6.00. The minimum atomic E-state index is -0.740. The number of anilines is 1. The fraction of sp³-hybridized carbons (Fsp3) is 0.200. The van der Waals surface area contributed by atoms with Gasteiger partial charge in [-0.1, -0.05) is 34.1 Å². The topological polar surface area (TPSA) is 32.3 Å². The maximum atomic E-state index is 13.1. The second kappa shape index (κ2) is 6.17. The smallest absolute Gasteiger partial charge is 0.123 e. The Balaban J connectivity index is 2.00. The number of benzene rings is 2. The summed E-state index contributed by atoms with van der Waals surface area (Å²) in [7, 11) is 0. The molecule has 0 saturated heterocycles. The van der Waals surface area contributed by atoms with Crippen LogP contribution in [0.15, 0.2) is 46.9 Å². The fourth-order valence-electron chi connectivity index (χ4n) is 1.75. The van der Waals surface area contributed by atoms with Crippen LogP contribution in [0.3, 0.4) is 0 Å². The molecule has 2 nitrogen and oxygen atoms in total. The second-order valence-electron chi connectivity index (χ2n) is 4.42. The van der Waals surface area contributed by atoms with Crippen LogP contribution in [0, 0.1) is 12.7 Å². The summed E-state index contributed by atoms with van der Waals surface area (Å²) in [4.78, 5) is 0. The molecule has 0 saturated carbocycles. The largest absolute Gasteiger partial charge is 0.387 e. The lowest BCUT2D eigenvalue weighted by Gasteiger charge is -2.14. The summed E-state index contributed by atoms with van der Waals surface area (Å²) in [6.45, 7) is 2.34. The second-order valence-corrected chi connectivity index (χ2v) is 5.27. The van der Waals surface area contributed by atoms with Crippen molar-refractivity contribution in [2.45, 2.75) is 13.0 Å². The molecule has 1 atom stereocenters. The summed E-state index contributed by atoms with van der Waals surface area (Å²) in [5.74, 6) is -0.338. The van der Waals surface area contributed by atoms with Gasteiger partial charge in [-0.3, -0.25) is 0 Å². The molecule has 19 heavy (non-hydrogen) atoms. The quantitative estimate of drug-likeness (QED) is 0.889. The van der Waals surface area contributed by atoms with E-state index in [1.165, 1.54) is 12.1 Å². The molecule has 0 aliphatic carbocycles. The minimum Gasteiger partial charge on any atom is -0.387 e. The van der Waals surface area contributed by atoms with Gasteiger partial charge in [0.15, 0.2) is 0 Å². The number of aryl methyl sites for hydroxylation is 1. The summed E-state index contributed by atoms with van der Waals surface area (Å²) in [5, 5.41) is 13.1. The van der Waals surface area contributed by atoms with Gasteiger partial charge in [-0.2, -0.15) is 0 Å². The van der Waals surface area contributed by atoms with Gasteiger partial charge >= 0.3 is 0 Å². The lowest BCUT2D eigenvalue weighted by atomic mass is 10.1. The Morgan fingerprint density at radius 2 is 2.05 bits per heavy atom. The van der Waals surface area contributed by atoms with Gasteiger partial charge in [-0.15, -0.1) is 0 Å². The number of hydrogen-bond acceptors (Lipinski definition) is 2. The van der Waals surface area contributed by atoms with E-state index < -0.39 is 6.10 Å². The SMILES string of the molecule is Cc1ccc(NCC(O)c2cccc(F)c2)cc1Br. The van der Waals surface area contributed by atoms with Crippen molar-refractivity contribution < 1.29 is 9.50 Å². The molecule has 0 aliphatic heterocycles. The molecular weight excluding hydrogens is 309 g/mol. The van der Waals surface area contributed by atoms with E-state index in [0.29, 0.717) is 12.1 Å². The van der Waals surface area contributed by atoms with Gasteiger partial charge in [0.1, 0.15) is 5.82 Å². The molecule has 2 N–H and O–H groups in total. The summed E-state index contributed by atoms with van der Waals surface area (Å²) in [6, 6.07) is 11.9. The molecule has 0 heterocycles. The highest BCUT2D eigenvalue weighted by Gasteiger charge is 2.08. The van der Waals surface area contributed by atoms with Crippen molar-refractivity contribution in [1.82, 2.24) is 0 Å². The Hall–Kier alpha value is -1.39. The van der Waals surface area contributed by atoms with E-state index in [1.807, 2.05) is 25.1 Å². The van der Waals surface area contributed by atoms with E-state index >= 15 is 0 Å². The Bertz CT molecular complexity index is 574. The van der Waals surface area contributed by atoms with Crippen LogP contribution in [0.5, 0.6) is 0 Å². The minimum absolute atomic E-state index is 0.332. The molecule has 0 aliphatic rings. The van der Waals surface area contributed by atoms with Crippen LogP contribution in [0.1, 0.15) is 17.2 Å². The first-order chi connectivity index (χ1) is 9.06. The molecule has 2 rings (SSSR count). The molecule has 0 aromatic heterocycles. The zero-order chi connectivity index (χ0) is 13.8. The molecular formula is C15H15BrFNO. The van der Waals surface area contributed by atoms with Crippen LogP contribution in [0.25, 0.3) is 0 Å². The average Bonchev–Trinajstić information content (AvgIpc) is 2.40. The number of hydrogen-bond donors (Lipinski definition) is 2. The van der Waals surface area contributed by atoms with E-state index in [9.17, 15) is 9.50 Å². The average molecular weight is 324 g/mol. The Kier molecular flexibility index (Phi) is 4.56. The van der Waals surface area contributed by atoms with Crippen LogP contribution in [0.2, 0.25) is 0 Å². The van der Waals surface area contributed by atoms with E-state index in [1.54, 1.807) is 12.1 Å². The van der Waals surface area contributed by atoms with E-state index in [4.69, 9.17) is 0 Å². The maximum Gasteiger partial charge on any atom is 0.123 e. The zero-order valence-corrected chi connectivity index (χ0v) is 12.1. The van der Waals surface area contributed by atoms with Gasteiger partial charge in [0.2, 0.25) is 0 Å². The van der Waals surface area contributed by atoms with Gasteiger partial charge in [-0.05, 0) is 42.3 Å². The van der Waals surface area contributed by atoms with Gasteiger partial charge in [0.05, 0.1) is 6.10 Å². The van der Waals surface area contributed by atoms with Crippen LogP contribution >= 0.6 is 15.9 Å². The molecule has 4 heteroatoms. The van der Waals surface area contributed by atoms with E-state index in [0.717, 1.165) is 15.7 Å². The summed E-state index contributed by atoms with van der Waals surface area (Å²) in [6.07, 6.45) is -0.740. The van der Waals surface area contributed by atoms with E-state index in [2.05, 4.69) is 21.2 Å². The van der Waals surface area contributed by atoms with Gasteiger partial charge in [0.25, 0.3) is 0 Å². The van der Waals surface area contributed by atoms with Crippen molar-refractivity contribution in [1.29, 1.82) is 0 Å². The number of rotatable bonds is 4.